The molecule has 2 aromatic carbocycles. The number of nitrogens with one attached hydrogen (secondary N) is 1. The van der Waals surface area contributed by atoms with E-state index >= 15 is 0 Å². The van der Waals surface area contributed by atoms with Gasteiger partial charge < -0.3 is 19.4 Å². The first-order valence-electron chi connectivity index (χ1n) is 6.92. The lowest BCUT2D eigenvalue weighted by Gasteiger charge is -2.06. The van der Waals surface area contributed by atoms with Gasteiger partial charge in [0.1, 0.15) is 0 Å². The zero-order valence-corrected chi connectivity index (χ0v) is 13.0. The number of carbonyl (C=O) groups is 1. The number of anilines is 1. The molecular formula is C16H12N2O4S. The number of hydrogen-bond donors (Lipinski definition) is 1. The molecule has 0 atom stereocenters. The van der Waals surface area contributed by atoms with Crippen molar-refractivity contribution in [2.45, 2.75) is 0 Å². The Morgan fingerprint density at radius 1 is 1.17 bits per heavy atom. The van der Waals surface area contributed by atoms with Gasteiger partial charge in [-0.2, -0.15) is 0 Å². The summed E-state index contributed by atoms with van der Waals surface area (Å²) in [4.78, 5) is 24.0. The highest BCUT2D eigenvalue weighted by molar-refractivity contribution is 7.16. The summed E-state index contributed by atoms with van der Waals surface area (Å²) in [5, 5.41) is 2.83. The molecular weight excluding hydrogens is 316 g/mol. The van der Waals surface area contributed by atoms with Crippen LogP contribution in [0.2, 0.25) is 0 Å². The highest BCUT2D eigenvalue weighted by atomic mass is 32.1. The molecule has 6 nitrogen and oxygen atoms in total. The second kappa shape index (κ2) is 5.13. The highest BCUT2D eigenvalue weighted by Gasteiger charge is 2.16. The molecule has 0 radical (unpaired) electrons. The van der Waals surface area contributed by atoms with Crippen LogP contribution in [0.5, 0.6) is 11.5 Å². The zero-order valence-electron chi connectivity index (χ0n) is 12.2. The number of aromatic nitrogens is 1. The van der Waals surface area contributed by atoms with Crippen molar-refractivity contribution in [3.05, 3.63) is 51.6 Å². The van der Waals surface area contributed by atoms with E-state index in [0.29, 0.717) is 22.7 Å². The highest BCUT2D eigenvalue weighted by Crippen LogP contribution is 2.32. The minimum absolute atomic E-state index is 0.0285. The van der Waals surface area contributed by atoms with Gasteiger partial charge in [0, 0.05) is 18.3 Å². The van der Waals surface area contributed by atoms with E-state index in [1.807, 2.05) is 6.07 Å². The number of rotatable bonds is 2. The third kappa shape index (κ3) is 2.35. The standard InChI is InChI=1S/C16H12N2O4S/c1-18-11-4-3-10(7-14(11)23-16(18)20)17-15(19)9-2-5-12-13(6-9)22-8-21-12/h2-7H,8H2,1H3,(H,17,19). The van der Waals surface area contributed by atoms with Crippen molar-refractivity contribution in [3.8, 4) is 11.5 Å². The summed E-state index contributed by atoms with van der Waals surface area (Å²) in [5.74, 6) is 0.956. The first-order valence-corrected chi connectivity index (χ1v) is 7.74. The Kier molecular flexibility index (Phi) is 3.09. The summed E-state index contributed by atoms with van der Waals surface area (Å²) in [6.07, 6.45) is 0. The minimum Gasteiger partial charge on any atom is -0.454 e. The normalized spacial score (nSPS) is 12.6. The van der Waals surface area contributed by atoms with Gasteiger partial charge in [-0.15, -0.1) is 0 Å². The van der Waals surface area contributed by atoms with E-state index in [9.17, 15) is 9.59 Å². The third-order valence-corrected chi connectivity index (χ3v) is 4.68. The Labute approximate surface area is 134 Å². The number of fused-ring (bicyclic) bond motifs is 2. The van der Waals surface area contributed by atoms with E-state index in [1.54, 1.807) is 41.9 Å². The van der Waals surface area contributed by atoms with Crippen LogP contribution in [-0.4, -0.2) is 17.3 Å². The number of ether oxygens (including phenoxy) is 2. The summed E-state index contributed by atoms with van der Waals surface area (Å²) >= 11 is 1.15. The van der Waals surface area contributed by atoms with E-state index < -0.39 is 0 Å². The number of benzene rings is 2. The minimum atomic E-state index is -0.245. The molecule has 1 aromatic heterocycles. The van der Waals surface area contributed by atoms with Crippen molar-refractivity contribution >= 4 is 33.1 Å². The van der Waals surface area contributed by atoms with Crippen molar-refractivity contribution in [1.82, 2.24) is 4.57 Å². The van der Waals surface area contributed by atoms with E-state index in [0.717, 1.165) is 21.6 Å². The monoisotopic (exact) mass is 328 g/mol. The Bertz CT molecular complexity index is 989. The smallest absolute Gasteiger partial charge is 0.307 e. The molecule has 0 aliphatic carbocycles. The second-order valence-corrected chi connectivity index (χ2v) is 6.12. The molecule has 0 saturated carbocycles. The lowest BCUT2D eigenvalue weighted by atomic mass is 10.2. The van der Waals surface area contributed by atoms with Crippen LogP contribution in [-0.2, 0) is 7.05 Å². The van der Waals surface area contributed by atoms with E-state index in [2.05, 4.69) is 5.32 Å². The number of thiazole rings is 1. The van der Waals surface area contributed by atoms with Crippen LogP contribution in [0.25, 0.3) is 10.2 Å². The lowest BCUT2D eigenvalue weighted by Crippen LogP contribution is -2.11. The van der Waals surface area contributed by atoms with Gasteiger partial charge >= 0.3 is 4.87 Å². The van der Waals surface area contributed by atoms with Crippen molar-refractivity contribution < 1.29 is 14.3 Å². The van der Waals surface area contributed by atoms with Crippen molar-refractivity contribution in [3.63, 3.8) is 0 Å². The third-order valence-electron chi connectivity index (χ3n) is 3.68. The SMILES string of the molecule is Cn1c(=O)sc2cc(NC(=O)c3ccc4c(c3)OCO4)ccc21. The van der Waals surface area contributed by atoms with Gasteiger partial charge in [0.15, 0.2) is 11.5 Å². The average molecular weight is 328 g/mol. The predicted octanol–water partition coefficient (Wildman–Crippen LogP) is 2.58. The fourth-order valence-corrected chi connectivity index (χ4v) is 3.37. The molecule has 1 amide bonds. The number of amides is 1. The number of aryl methyl sites for hydroxylation is 1. The van der Waals surface area contributed by atoms with Crippen molar-refractivity contribution in [1.29, 1.82) is 0 Å². The number of nitrogens with zero attached hydrogens (tertiary/aromatic N) is 1. The fourth-order valence-electron chi connectivity index (χ4n) is 2.45. The largest absolute Gasteiger partial charge is 0.454 e. The van der Waals surface area contributed by atoms with Gasteiger partial charge in [-0.25, -0.2) is 0 Å². The molecule has 2 heterocycles. The van der Waals surface area contributed by atoms with E-state index in [4.69, 9.17) is 9.47 Å². The Balaban J connectivity index is 1.62. The summed E-state index contributed by atoms with van der Waals surface area (Å²) < 4.78 is 12.9. The quantitative estimate of drug-likeness (QED) is 0.785. The van der Waals surface area contributed by atoms with Crippen LogP contribution < -0.4 is 19.7 Å². The van der Waals surface area contributed by atoms with E-state index in [1.165, 1.54) is 0 Å². The molecule has 23 heavy (non-hydrogen) atoms. The van der Waals surface area contributed by atoms with Crippen LogP contribution in [0.1, 0.15) is 10.4 Å². The Hall–Kier alpha value is -2.80. The van der Waals surface area contributed by atoms with Crippen molar-refractivity contribution in [2.24, 2.45) is 7.05 Å². The molecule has 1 N–H and O–H groups in total. The summed E-state index contributed by atoms with van der Waals surface area (Å²) in [7, 11) is 1.73. The van der Waals surface area contributed by atoms with Crippen LogP contribution in [0, 0.1) is 0 Å². The van der Waals surface area contributed by atoms with Crippen LogP contribution in [0.15, 0.2) is 41.2 Å². The molecule has 0 fully saturated rings. The van der Waals surface area contributed by atoms with Gasteiger partial charge in [0.2, 0.25) is 6.79 Å². The fraction of sp³-hybridized carbons (Fsp3) is 0.125. The van der Waals surface area contributed by atoms with Gasteiger partial charge in [-0.1, -0.05) is 11.3 Å². The zero-order chi connectivity index (χ0) is 16.0. The molecule has 3 aromatic rings. The van der Waals surface area contributed by atoms with E-state index in [-0.39, 0.29) is 17.6 Å². The Morgan fingerprint density at radius 3 is 2.87 bits per heavy atom. The topological polar surface area (TPSA) is 69.6 Å². The second-order valence-electron chi connectivity index (χ2n) is 5.13. The molecule has 0 spiro atoms. The molecule has 4 rings (SSSR count). The average Bonchev–Trinajstić information content (AvgIpc) is 3.11. The first kappa shape index (κ1) is 13.8. The van der Waals surface area contributed by atoms with Crippen LogP contribution in [0.4, 0.5) is 5.69 Å². The molecule has 0 saturated heterocycles. The van der Waals surface area contributed by atoms with Gasteiger partial charge in [0.25, 0.3) is 5.91 Å². The molecule has 0 bridgehead atoms. The van der Waals surface area contributed by atoms with Gasteiger partial charge in [-0.3, -0.25) is 9.59 Å². The maximum atomic E-state index is 12.4. The lowest BCUT2D eigenvalue weighted by molar-refractivity contribution is 0.102. The van der Waals surface area contributed by atoms with Crippen LogP contribution in [0.3, 0.4) is 0 Å². The summed E-state index contributed by atoms with van der Waals surface area (Å²) in [6.45, 7) is 0.171. The first-order chi connectivity index (χ1) is 11.1. The number of hydrogen-bond acceptors (Lipinski definition) is 5. The van der Waals surface area contributed by atoms with Crippen molar-refractivity contribution in [2.75, 3.05) is 12.1 Å². The van der Waals surface area contributed by atoms with Gasteiger partial charge in [0.05, 0.1) is 10.2 Å². The maximum absolute atomic E-state index is 12.4. The molecule has 1 aliphatic heterocycles. The van der Waals surface area contributed by atoms with Gasteiger partial charge in [-0.05, 0) is 36.4 Å². The number of carbonyl (C=O) groups excluding carboxylic acids is 1. The predicted molar refractivity (Wildman–Crippen MR) is 87.6 cm³/mol. The Morgan fingerprint density at radius 2 is 2.00 bits per heavy atom. The molecule has 0 unspecified atom stereocenters. The molecule has 116 valence electrons. The van der Waals surface area contributed by atoms with Crippen LogP contribution >= 0.6 is 11.3 Å². The maximum Gasteiger partial charge on any atom is 0.307 e. The molecule has 1 aliphatic rings. The molecule has 7 heteroatoms. The summed E-state index contributed by atoms with van der Waals surface area (Å²) in [6, 6.07) is 10.4. The summed E-state index contributed by atoms with van der Waals surface area (Å²) in [5.41, 5.74) is 1.97.